The van der Waals surface area contributed by atoms with E-state index in [2.05, 4.69) is 60.3 Å². The van der Waals surface area contributed by atoms with E-state index in [9.17, 15) is 9.59 Å². The minimum atomic E-state index is -0.385. The van der Waals surface area contributed by atoms with Gasteiger partial charge in [0.1, 0.15) is 23.9 Å². The Morgan fingerprint density at radius 2 is 1.55 bits per heavy atom. The number of fused-ring (bicyclic) bond motifs is 1. The van der Waals surface area contributed by atoms with Crippen LogP contribution in [0.15, 0.2) is 24.3 Å². The predicted octanol–water partition coefficient (Wildman–Crippen LogP) is 3.54. The molecule has 2 heterocycles. The average Bonchev–Trinajstić information content (AvgIpc) is 2.65. The van der Waals surface area contributed by atoms with Gasteiger partial charge < -0.3 is 14.5 Å². The monoisotopic (exact) mass is 429 g/mol. The van der Waals surface area contributed by atoms with Gasteiger partial charge in [0.15, 0.2) is 0 Å². The highest BCUT2D eigenvalue weighted by molar-refractivity contribution is 5.95. The first-order valence-corrected chi connectivity index (χ1v) is 11.3. The number of hydrogen-bond acceptors (Lipinski definition) is 4. The van der Waals surface area contributed by atoms with Gasteiger partial charge in [-0.25, -0.2) is 0 Å². The molecule has 0 spiro atoms. The summed E-state index contributed by atoms with van der Waals surface area (Å²) in [6.45, 7) is 19.8. The van der Waals surface area contributed by atoms with Crippen LogP contribution in [0.2, 0.25) is 0 Å². The second kappa shape index (κ2) is 8.12. The molecule has 1 aromatic carbocycles. The van der Waals surface area contributed by atoms with Gasteiger partial charge in [0.25, 0.3) is 0 Å². The van der Waals surface area contributed by atoms with Gasteiger partial charge in [-0.2, -0.15) is 0 Å². The van der Waals surface area contributed by atoms with Crippen molar-refractivity contribution in [3.05, 3.63) is 29.8 Å². The Labute approximate surface area is 187 Å². The molecule has 31 heavy (non-hydrogen) atoms. The summed E-state index contributed by atoms with van der Waals surface area (Å²) in [4.78, 5) is 31.7. The number of piperazine rings is 2. The molecule has 2 aliphatic heterocycles. The van der Waals surface area contributed by atoms with Crippen LogP contribution < -0.4 is 4.74 Å². The lowest BCUT2D eigenvalue weighted by Gasteiger charge is -2.49. The summed E-state index contributed by atoms with van der Waals surface area (Å²) >= 11 is 0. The van der Waals surface area contributed by atoms with Crippen molar-refractivity contribution in [1.29, 1.82) is 0 Å². The zero-order chi connectivity index (χ0) is 23.2. The van der Waals surface area contributed by atoms with Crippen LogP contribution in [-0.4, -0.2) is 69.9 Å². The Bertz CT molecular complexity index is 818. The van der Waals surface area contributed by atoms with Crippen molar-refractivity contribution in [2.45, 2.75) is 79.1 Å². The molecule has 2 amide bonds. The number of carbonyl (C=O) groups excluding carboxylic acids is 2. The normalized spacial score (nSPS) is 21.4. The lowest BCUT2D eigenvalue weighted by atomic mass is 9.79. The van der Waals surface area contributed by atoms with E-state index in [4.69, 9.17) is 4.74 Å². The molecular formula is C25H39N3O3. The summed E-state index contributed by atoms with van der Waals surface area (Å²) < 4.78 is 6.22. The van der Waals surface area contributed by atoms with Crippen LogP contribution in [0.1, 0.15) is 61.0 Å². The molecule has 0 aromatic heterocycles. The minimum Gasteiger partial charge on any atom is -0.487 e. The molecule has 172 valence electrons. The van der Waals surface area contributed by atoms with Gasteiger partial charge in [0, 0.05) is 37.1 Å². The van der Waals surface area contributed by atoms with E-state index in [0.29, 0.717) is 19.6 Å². The molecule has 0 aliphatic carbocycles. The number of carbonyl (C=O) groups is 2. The number of nitrogens with zero attached hydrogens (tertiary/aromatic N) is 3. The Hall–Kier alpha value is -2.08. The highest BCUT2D eigenvalue weighted by Gasteiger charge is 2.44. The number of hydrogen-bond donors (Lipinski definition) is 0. The maximum absolute atomic E-state index is 13.2. The maximum atomic E-state index is 13.2. The fourth-order valence-electron chi connectivity index (χ4n) is 3.91. The SMILES string of the molecule is CC(C)(C)N1CCN2C(=O)CN(Cc3ccc(OC(C)(C)C(C)(C)C)cc3)C(=O)C2C1. The van der Waals surface area contributed by atoms with Crippen LogP contribution in [0.5, 0.6) is 5.75 Å². The third kappa shape index (κ3) is 5.05. The van der Waals surface area contributed by atoms with Crippen LogP contribution in [0.3, 0.4) is 0 Å². The van der Waals surface area contributed by atoms with Crippen molar-refractivity contribution in [2.75, 3.05) is 26.2 Å². The number of benzene rings is 1. The van der Waals surface area contributed by atoms with Gasteiger partial charge in [0.2, 0.25) is 11.8 Å². The van der Waals surface area contributed by atoms with Crippen molar-refractivity contribution < 1.29 is 14.3 Å². The fourth-order valence-corrected chi connectivity index (χ4v) is 3.91. The number of rotatable bonds is 4. The standard InChI is InChI=1S/C25H39N3O3/c1-23(2,3)25(7,8)31-19-11-9-18(10-12-19)15-26-17-21(29)28-14-13-27(24(4,5)6)16-20(28)22(26)30/h9-12,20H,13-17H2,1-8H3. The summed E-state index contributed by atoms with van der Waals surface area (Å²) in [5.74, 6) is 0.900. The van der Waals surface area contributed by atoms with E-state index in [1.54, 1.807) is 9.80 Å². The lowest BCUT2D eigenvalue weighted by molar-refractivity contribution is -0.161. The second-order valence-electron chi connectivity index (χ2n) is 11.4. The average molecular weight is 430 g/mol. The van der Waals surface area contributed by atoms with E-state index in [-0.39, 0.29) is 41.0 Å². The van der Waals surface area contributed by atoms with E-state index in [1.165, 1.54) is 0 Å². The van der Waals surface area contributed by atoms with Crippen molar-refractivity contribution in [3.8, 4) is 5.75 Å². The summed E-state index contributed by atoms with van der Waals surface area (Å²) in [6, 6.07) is 7.49. The van der Waals surface area contributed by atoms with Crippen molar-refractivity contribution in [3.63, 3.8) is 0 Å². The van der Waals surface area contributed by atoms with Gasteiger partial charge in [-0.1, -0.05) is 32.9 Å². The van der Waals surface area contributed by atoms with Crippen LogP contribution in [-0.2, 0) is 16.1 Å². The van der Waals surface area contributed by atoms with E-state index < -0.39 is 0 Å². The molecule has 0 saturated carbocycles. The van der Waals surface area contributed by atoms with Crippen molar-refractivity contribution in [1.82, 2.24) is 14.7 Å². The molecule has 1 aromatic rings. The molecule has 2 fully saturated rings. The highest BCUT2D eigenvalue weighted by atomic mass is 16.5. The third-order valence-corrected chi connectivity index (χ3v) is 7.05. The molecule has 1 unspecified atom stereocenters. The lowest BCUT2D eigenvalue weighted by Crippen LogP contribution is -2.68. The molecule has 6 nitrogen and oxygen atoms in total. The van der Waals surface area contributed by atoms with Crippen LogP contribution in [0, 0.1) is 5.41 Å². The van der Waals surface area contributed by atoms with E-state index in [0.717, 1.165) is 17.9 Å². The Morgan fingerprint density at radius 1 is 0.935 bits per heavy atom. The van der Waals surface area contributed by atoms with Crippen molar-refractivity contribution in [2.24, 2.45) is 5.41 Å². The third-order valence-electron chi connectivity index (χ3n) is 7.05. The number of ether oxygens (including phenoxy) is 1. The summed E-state index contributed by atoms with van der Waals surface area (Å²) in [7, 11) is 0. The van der Waals surface area contributed by atoms with E-state index in [1.807, 2.05) is 24.3 Å². The maximum Gasteiger partial charge on any atom is 0.247 e. The summed E-state index contributed by atoms with van der Waals surface area (Å²) in [5.41, 5.74) is 0.666. The van der Waals surface area contributed by atoms with Crippen LogP contribution in [0.25, 0.3) is 0 Å². The zero-order valence-electron chi connectivity index (χ0n) is 20.5. The van der Waals surface area contributed by atoms with E-state index >= 15 is 0 Å². The van der Waals surface area contributed by atoms with Gasteiger partial charge in [-0.05, 0) is 52.3 Å². The van der Waals surface area contributed by atoms with Crippen molar-refractivity contribution >= 4 is 11.8 Å². The molecule has 2 saturated heterocycles. The van der Waals surface area contributed by atoms with Gasteiger partial charge in [0.05, 0.1) is 0 Å². The molecule has 0 bridgehead atoms. The molecule has 2 aliphatic rings. The Morgan fingerprint density at radius 3 is 2.10 bits per heavy atom. The smallest absolute Gasteiger partial charge is 0.247 e. The predicted molar refractivity (Wildman–Crippen MR) is 123 cm³/mol. The molecular weight excluding hydrogens is 390 g/mol. The minimum absolute atomic E-state index is 0.000931. The topological polar surface area (TPSA) is 53.1 Å². The molecule has 6 heteroatoms. The first-order valence-electron chi connectivity index (χ1n) is 11.3. The quantitative estimate of drug-likeness (QED) is 0.735. The highest BCUT2D eigenvalue weighted by Crippen LogP contribution is 2.34. The van der Waals surface area contributed by atoms with Gasteiger partial charge >= 0.3 is 0 Å². The molecule has 3 rings (SSSR count). The largest absolute Gasteiger partial charge is 0.487 e. The number of amides is 2. The first kappa shape index (κ1) is 23.6. The van der Waals surface area contributed by atoms with Gasteiger partial charge in [-0.15, -0.1) is 0 Å². The summed E-state index contributed by atoms with van der Waals surface area (Å²) in [6.07, 6.45) is 0. The zero-order valence-corrected chi connectivity index (χ0v) is 20.5. The fraction of sp³-hybridized carbons (Fsp3) is 0.680. The second-order valence-corrected chi connectivity index (χ2v) is 11.4. The Kier molecular flexibility index (Phi) is 6.18. The van der Waals surface area contributed by atoms with Gasteiger partial charge in [-0.3, -0.25) is 14.5 Å². The molecule has 0 radical (unpaired) electrons. The van der Waals surface area contributed by atoms with Crippen LogP contribution >= 0.6 is 0 Å². The molecule has 1 atom stereocenters. The first-order chi connectivity index (χ1) is 14.2. The Balaban J connectivity index is 1.69. The molecule has 0 N–H and O–H groups in total. The summed E-state index contributed by atoms with van der Waals surface area (Å²) in [5, 5.41) is 0. The van der Waals surface area contributed by atoms with Crippen LogP contribution in [0.4, 0.5) is 0 Å².